The van der Waals surface area contributed by atoms with E-state index in [2.05, 4.69) is 4.74 Å². The number of benzene rings is 1. The number of nitrogens with zero attached hydrogens (tertiary/aromatic N) is 1. The van der Waals surface area contributed by atoms with Gasteiger partial charge in [0.2, 0.25) is 0 Å². The predicted octanol–water partition coefficient (Wildman–Crippen LogP) is 2.71. The lowest BCUT2D eigenvalue weighted by Gasteiger charge is -2.16. The largest absolute Gasteiger partial charge is 0.490 e. The first-order chi connectivity index (χ1) is 10.0. The third-order valence-corrected chi connectivity index (χ3v) is 2.91. The Hall–Kier alpha value is -2.31. The fourth-order valence-corrected chi connectivity index (χ4v) is 1.80. The van der Waals surface area contributed by atoms with Crippen LogP contribution in [-0.4, -0.2) is 31.2 Å². The van der Waals surface area contributed by atoms with Crippen molar-refractivity contribution in [3.63, 3.8) is 0 Å². The van der Waals surface area contributed by atoms with Crippen LogP contribution < -0.4 is 9.47 Å². The molecule has 1 atom stereocenters. The van der Waals surface area contributed by atoms with Gasteiger partial charge in [0.1, 0.15) is 5.75 Å². The molecule has 0 fully saturated rings. The maximum atomic E-state index is 11.7. The SMILES string of the molecule is CCCCC(Oc1ccc(OC)c([N+](=O)[O-])c1)C(=O)OC. The Bertz CT molecular complexity index is 502. The maximum absolute atomic E-state index is 11.7. The average molecular weight is 297 g/mol. The molecule has 1 aromatic rings. The van der Waals surface area contributed by atoms with Crippen molar-refractivity contribution in [2.75, 3.05) is 14.2 Å². The van der Waals surface area contributed by atoms with Crippen LogP contribution in [0.2, 0.25) is 0 Å². The van der Waals surface area contributed by atoms with Crippen LogP contribution >= 0.6 is 0 Å². The molecule has 0 aromatic heterocycles. The van der Waals surface area contributed by atoms with Crippen LogP contribution in [0.25, 0.3) is 0 Å². The van der Waals surface area contributed by atoms with Crippen LogP contribution in [0, 0.1) is 10.1 Å². The summed E-state index contributed by atoms with van der Waals surface area (Å²) in [5.74, 6) is -0.133. The molecule has 0 radical (unpaired) electrons. The van der Waals surface area contributed by atoms with Gasteiger partial charge in [0, 0.05) is 0 Å². The van der Waals surface area contributed by atoms with Crippen molar-refractivity contribution in [2.24, 2.45) is 0 Å². The number of hydrogen-bond donors (Lipinski definition) is 0. The summed E-state index contributed by atoms with van der Waals surface area (Å²) in [4.78, 5) is 22.1. The molecule has 116 valence electrons. The third-order valence-electron chi connectivity index (χ3n) is 2.91. The quantitative estimate of drug-likeness (QED) is 0.416. The normalized spacial score (nSPS) is 11.6. The molecule has 0 heterocycles. The van der Waals surface area contributed by atoms with Gasteiger partial charge in [-0.05, 0) is 25.0 Å². The second-order valence-electron chi connectivity index (χ2n) is 4.36. The molecule has 0 bridgehead atoms. The average Bonchev–Trinajstić information content (AvgIpc) is 2.50. The summed E-state index contributed by atoms with van der Waals surface area (Å²) >= 11 is 0. The second-order valence-corrected chi connectivity index (χ2v) is 4.36. The van der Waals surface area contributed by atoms with Crippen molar-refractivity contribution in [2.45, 2.75) is 32.3 Å². The van der Waals surface area contributed by atoms with Gasteiger partial charge < -0.3 is 14.2 Å². The van der Waals surface area contributed by atoms with Gasteiger partial charge >= 0.3 is 11.7 Å². The van der Waals surface area contributed by atoms with Crippen molar-refractivity contribution in [3.8, 4) is 11.5 Å². The molecule has 1 unspecified atom stereocenters. The molecule has 7 nitrogen and oxygen atoms in total. The van der Waals surface area contributed by atoms with Crippen LogP contribution in [0.5, 0.6) is 11.5 Å². The van der Waals surface area contributed by atoms with Crippen molar-refractivity contribution in [3.05, 3.63) is 28.3 Å². The smallest absolute Gasteiger partial charge is 0.347 e. The Balaban J connectivity index is 2.95. The molecule has 1 rings (SSSR count). The first kappa shape index (κ1) is 16.7. The van der Waals surface area contributed by atoms with E-state index in [1.165, 1.54) is 32.4 Å². The topological polar surface area (TPSA) is 87.9 Å². The maximum Gasteiger partial charge on any atom is 0.347 e. The summed E-state index contributed by atoms with van der Waals surface area (Å²) in [7, 11) is 2.63. The third kappa shape index (κ3) is 4.62. The van der Waals surface area contributed by atoms with Crippen LogP contribution in [0.15, 0.2) is 18.2 Å². The van der Waals surface area contributed by atoms with Crippen molar-refractivity contribution in [1.29, 1.82) is 0 Å². The Morgan fingerprint density at radius 3 is 2.62 bits per heavy atom. The summed E-state index contributed by atoms with van der Waals surface area (Å²) in [5.41, 5.74) is -0.214. The van der Waals surface area contributed by atoms with E-state index < -0.39 is 17.0 Å². The zero-order chi connectivity index (χ0) is 15.8. The zero-order valence-corrected chi connectivity index (χ0v) is 12.3. The van der Waals surface area contributed by atoms with E-state index in [4.69, 9.17) is 9.47 Å². The van der Waals surface area contributed by atoms with Crippen molar-refractivity contribution in [1.82, 2.24) is 0 Å². The Morgan fingerprint density at radius 2 is 2.10 bits per heavy atom. The number of carbonyl (C=O) groups excluding carboxylic acids is 1. The summed E-state index contributed by atoms with van der Waals surface area (Å²) in [6.45, 7) is 1.99. The van der Waals surface area contributed by atoms with Gasteiger partial charge in [0.15, 0.2) is 11.9 Å². The molecule has 0 aliphatic carbocycles. The molecule has 21 heavy (non-hydrogen) atoms. The highest BCUT2D eigenvalue weighted by atomic mass is 16.6. The lowest BCUT2D eigenvalue weighted by atomic mass is 10.1. The molecular formula is C14H19NO6. The first-order valence-electron chi connectivity index (χ1n) is 6.60. The second kappa shape index (κ2) is 8.08. The molecule has 0 amide bonds. The fraction of sp³-hybridized carbons (Fsp3) is 0.500. The van der Waals surface area contributed by atoms with Gasteiger partial charge in [0.25, 0.3) is 0 Å². The summed E-state index contributed by atoms with van der Waals surface area (Å²) in [6, 6.07) is 4.19. The highest BCUT2D eigenvalue weighted by Gasteiger charge is 2.23. The molecule has 0 N–H and O–H groups in total. The minimum atomic E-state index is -0.775. The number of methoxy groups -OCH3 is 2. The predicted molar refractivity (Wildman–Crippen MR) is 75.6 cm³/mol. The van der Waals surface area contributed by atoms with E-state index >= 15 is 0 Å². The number of hydrogen-bond acceptors (Lipinski definition) is 6. The minimum absolute atomic E-state index is 0.135. The van der Waals surface area contributed by atoms with Gasteiger partial charge in [0.05, 0.1) is 25.2 Å². The number of nitro groups is 1. The Kier molecular flexibility index (Phi) is 6.45. The molecule has 0 saturated heterocycles. The van der Waals surface area contributed by atoms with Crippen molar-refractivity contribution < 1.29 is 23.9 Å². The molecule has 0 aliphatic rings. The van der Waals surface area contributed by atoms with E-state index in [1.54, 1.807) is 0 Å². The van der Waals surface area contributed by atoms with E-state index in [0.29, 0.717) is 6.42 Å². The Labute approximate surface area is 123 Å². The van der Waals surface area contributed by atoms with Gasteiger partial charge in [-0.25, -0.2) is 4.79 Å². The summed E-state index contributed by atoms with van der Waals surface area (Å²) < 4.78 is 15.1. The van der Waals surface area contributed by atoms with Crippen LogP contribution in [-0.2, 0) is 9.53 Å². The number of esters is 1. The van der Waals surface area contributed by atoms with Crippen LogP contribution in [0.1, 0.15) is 26.2 Å². The minimum Gasteiger partial charge on any atom is -0.490 e. The molecule has 1 aromatic carbocycles. The molecule has 0 aliphatic heterocycles. The molecule has 0 saturated carbocycles. The van der Waals surface area contributed by atoms with E-state index in [-0.39, 0.29) is 17.2 Å². The molecule has 0 spiro atoms. The first-order valence-corrected chi connectivity index (χ1v) is 6.60. The molecule has 7 heteroatoms. The zero-order valence-electron chi connectivity index (χ0n) is 12.3. The number of nitro benzene ring substituents is 1. The lowest BCUT2D eigenvalue weighted by Crippen LogP contribution is -2.28. The fourth-order valence-electron chi connectivity index (χ4n) is 1.80. The van der Waals surface area contributed by atoms with Crippen LogP contribution in [0.3, 0.4) is 0 Å². The van der Waals surface area contributed by atoms with Gasteiger partial charge in [-0.3, -0.25) is 10.1 Å². The number of rotatable bonds is 8. The van der Waals surface area contributed by atoms with Gasteiger partial charge in [-0.15, -0.1) is 0 Å². The van der Waals surface area contributed by atoms with Crippen LogP contribution in [0.4, 0.5) is 5.69 Å². The van der Waals surface area contributed by atoms with E-state index in [1.807, 2.05) is 6.92 Å². The monoisotopic (exact) mass is 297 g/mol. The van der Waals surface area contributed by atoms with Crippen molar-refractivity contribution >= 4 is 11.7 Å². The van der Waals surface area contributed by atoms with E-state index in [9.17, 15) is 14.9 Å². The standard InChI is InChI=1S/C14H19NO6/c1-4-5-6-13(14(16)20-3)21-10-7-8-12(19-2)11(9-10)15(17)18/h7-9,13H,4-6H2,1-3H3. The van der Waals surface area contributed by atoms with Gasteiger partial charge in [-0.1, -0.05) is 13.3 Å². The van der Waals surface area contributed by atoms with E-state index in [0.717, 1.165) is 12.8 Å². The Morgan fingerprint density at radius 1 is 1.38 bits per heavy atom. The number of carbonyl (C=O) groups is 1. The number of ether oxygens (including phenoxy) is 3. The highest BCUT2D eigenvalue weighted by molar-refractivity contribution is 5.75. The lowest BCUT2D eigenvalue weighted by molar-refractivity contribution is -0.385. The highest BCUT2D eigenvalue weighted by Crippen LogP contribution is 2.31. The van der Waals surface area contributed by atoms with Gasteiger partial charge in [-0.2, -0.15) is 0 Å². The molecular weight excluding hydrogens is 278 g/mol. The number of unbranched alkanes of at least 4 members (excludes halogenated alkanes) is 1. The summed E-state index contributed by atoms with van der Waals surface area (Å²) in [6.07, 6.45) is 1.41. The summed E-state index contributed by atoms with van der Waals surface area (Å²) in [5, 5.41) is 11.0.